The molecule has 0 spiro atoms. The topological polar surface area (TPSA) is 105 Å². The van der Waals surface area contributed by atoms with Crippen LogP contribution in [0.5, 0.6) is 5.75 Å². The number of amides is 2. The molecule has 1 unspecified atom stereocenters. The van der Waals surface area contributed by atoms with E-state index in [1.54, 1.807) is 39.0 Å². The van der Waals surface area contributed by atoms with Gasteiger partial charge in [0, 0.05) is 17.8 Å². The van der Waals surface area contributed by atoms with Gasteiger partial charge in [0.15, 0.2) is 0 Å². The number of aromatic nitrogens is 1. The number of benzene rings is 2. The smallest absolute Gasteiger partial charge is 0.293 e. The monoisotopic (exact) mass is 485 g/mol. The van der Waals surface area contributed by atoms with Crippen molar-refractivity contribution in [1.29, 1.82) is 0 Å². The van der Waals surface area contributed by atoms with Crippen molar-refractivity contribution in [1.82, 2.24) is 10.1 Å². The normalized spacial score (nSPS) is 15.5. The molecule has 1 aromatic heterocycles. The van der Waals surface area contributed by atoms with Gasteiger partial charge < -0.3 is 19.5 Å². The molecule has 0 radical (unpaired) electrons. The molecule has 1 aliphatic heterocycles. The Balaban J connectivity index is 1.72. The average Bonchev–Trinajstić information content (AvgIpc) is 3.22. The first-order chi connectivity index (χ1) is 16.5. The highest BCUT2D eigenvalue weighted by molar-refractivity contribution is 6.01. The maximum Gasteiger partial charge on any atom is 0.293 e. The van der Waals surface area contributed by atoms with Crippen LogP contribution >= 0.6 is 0 Å². The summed E-state index contributed by atoms with van der Waals surface area (Å²) in [6.45, 7) is 5.19. The number of carbonyl (C=O) groups excluding carboxylic acids is 2. The van der Waals surface area contributed by atoms with E-state index in [1.807, 2.05) is 0 Å². The van der Waals surface area contributed by atoms with Gasteiger partial charge >= 0.3 is 0 Å². The Morgan fingerprint density at radius 1 is 1.14 bits per heavy atom. The highest BCUT2D eigenvalue weighted by Gasteiger charge is 2.38. The second-order valence-corrected chi connectivity index (χ2v) is 9.35. The van der Waals surface area contributed by atoms with Gasteiger partial charge in [-0.15, -0.1) is 0 Å². The quantitative estimate of drug-likeness (QED) is 0.583. The SMILES string of the molecule is COc1ccc2c(c1)CCN(C(=O)c1cc(=O)[nH]o1)C2C(=O)Nc1cc(F)c(C(C)(C)C)c(F)c1. The molecular formula is C25H25F2N3O5. The fraction of sp³-hybridized carbons (Fsp3) is 0.320. The van der Waals surface area contributed by atoms with Crippen molar-refractivity contribution >= 4 is 17.5 Å². The first-order valence-corrected chi connectivity index (χ1v) is 11.0. The Bertz CT molecular complexity index is 1330. The van der Waals surface area contributed by atoms with Crippen LogP contribution in [0.3, 0.4) is 0 Å². The van der Waals surface area contributed by atoms with Gasteiger partial charge in [0.25, 0.3) is 17.4 Å². The van der Waals surface area contributed by atoms with E-state index in [9.17, 15) is 23.2 Å². The van der Waals surface area contributed by atoms with E-state index in [-0.39, 0.29) is 23.6 Å². The zero-order valence-corrected chi connectivity index (χ0v) is 19.7. The number of anilines is 1. The van der Waals surface area contributed by atoms with Crippen molar-refractivity contribution in [3.8, 4) is 5.75 Å². The van der Waals surface area contributed by atoms with Crippen LogP contribution in [0, 0.1) is 11.6 Å². The van der Waals surface area contributed by atoms with Crippen LogP contribution in [0.1, 0.15) is 54.1 Å². The lowest BCUT2D eigenvalue weighted by Gasteiger charge is -2.36. The third kappa shape index (κ3) is 4.68. The highest BCUT2D eigenvalue weighted by Crippen LogP contribution is 2.35. The number of aromatic amines is 1. The maximum absolute atomic E-state index is 14.7. The third-order valence-corrected chi connectivity index (χ3v) is 5.88. The molecule has 0 saturated carbocycles. The zero-order chi connectivity index (χ0) is 25.5. The summed E-state index contributed by atoms with van der Waals surface area (Å²) in [6.07, 6.45) is 0.417. The molecule has 2 N–H and O–H groups in total. The van der Waals surface area contributed by atoms with Crippen LogP contribution in [0.4, 0.5) is 14.5 Å². The van der Waals surface area contributed by atoms with Crippen LogP contribution in [0.25, 0.3) is 0 Å². The standard InChI is InChI=1S/C25H25F2N3O5/c1-25(2,3)21-17(26)10-14(11-18(21)27)28-23(32)22-16-6-5-15(34-4)9-13(16)7-8-30(22)24(33)19-12-20(31)29-35-19/h5-6,9-12,22H,7-8H2,1-4H3,(H,28,32)(H,29,31). The first-order valence-electron chi connectivity index (χ1n) is 11.0. The molecule has 0 saturated heterocycles. The number of methoxy groups -OCH3 is 1. The Hall–Kier alpha value is -3.95. The molecule has 2 amide bonds. The maximum atomic E-state index is 14.7. The van der Waals surface area contributed by atoms with Gasteiger partial charge in [-0.1, -0.05) is 26.8 Å². The summed E-state index contributed by atoms with van der Waals surface area (Å²) in [7, 11) is 1.52. The number of rotatable bonds is 4. The number of halogens is 2. The third-order valence-electron chi connectivity index (χ3n) is 5.88. The van der Waals surface area contributed by atoms with Gasteiger partial charge in [-0.2, -0.15) is 5.16 Å². The number of H-pyrrole nitrogens is 1. The van der Waals surface area contributed by atoms with Crippen molar-refractivity contribution < 1.29 is 27.6 Å². The summed E-state index contributed by atoms with van der Waals surface area (Å²) in [4.78, 5) is 39.3. The van der Waals surface area contributed by atoms with E-state index in [1.165, 1.54) is 12.0 Å². The Morgan fingerprint density at radius 3 is 2.40 bits per heavy atom. The van der Waals surface area contributed by atoms with Gasteiger partial charge in [-0.05, 0) is 47.2 Å². The Labute approximate surface area is 199 Å². The molecule has 8 nitrogen and oxygen atoms in total. The molecular weight excluding hydrogens is 460 g/mol. The van der Waals surface area contributed by atoms with Crippen LogP contribution in [0.2, 0.25) is 0 Å². The lowest BCUT2D eigenvalue weighted by Crippen LogP contribution is -2.45. The van der Waals surface area contributed by atoms with Gasteiger partial charge in [-0.3, -0.25) is 14.4 Å². The fourth-order valence-corrected chi connectivity index (χ4v) is 4.33. The average molecular weight is 485 g/mol. The number of carbonyl (C=O) groups is 2. The van der Waals surface area contributed by atoms with Gasteiger partial charge in [0.05, 0.1) is 13.2 Å². The minimum absolute atomic E-state index is 0.0841. The lowest BCUT2D eigenvalue weighted by molar-refractivity contribution is -0.121. The van der Waals surface area contributed by atoms with Crippen molar-refractivity contribution in [3.63, 3.8) is 0 Å². The zero-order valence-electron chi connectivity index (χ0n) is 19.7. The minimum Gasteiger partial charge on any atom is -0.497 e. The molecule has 1 atom stereocenters. The van der Waals surface area contributed by atoms with Gasteiger partial charge in [-0.25, -0.2) is 8.78 Å². The first kappa shape index (κ1) is 24.2. The molecule has 0 fully saturated rings. The van der Waals surface area contributed by atoms with Crippen LogP contribution < -0.4 is 15.6 Å². The van der Waals surface area contributed by atoms with E-state index in [0.29, 0.717) is 17.7 Å². The molecule has 10 heteroatoms. The van der Waals surface area contributed by atoms with Crippen LogP contribution in [0.15, 0.2) is 45.7 Å². The summed E-state index contributed by atoms with van der Waals surface area (Å²) in [5, 5.41) is 4.60. The largest absolute Gasteiger partial charge is 0.497 e. The summed E-state index contributed by atoms with van der Waals surface area (Å²) in [5.74, 6) is -2.60. The predicted octanol–water partition coefficient (Wildman–Crippen LogP) is 3.93. The van der Waals surface area contributed by atoms with E-state index in [0.717, 1.165) is 23.8 Å². The molecule has 2 heterocycles. The molecule has 184 valence electrons. The summed E-state index contributed by atoms with van der Waals surface area (Å²) in [6, 6.07) is 7.04. The second-order valence-electron chi connectivity index (χ2n) is 9.35. The molecule has 2 aromatic carbocycles. The second kappa shape index (κ2) is 9.01. The van der Waals surface area contributed by atoms with Crippen molar-refractivity contribution in [3.05, 3.63) is 80.8 Å². The number of hydrogen-bond acceptors (Lipinski definition) is 5. The van der Waals surface area contributed by atoms with Crippen molar-refractivity contribution in [2.24, 2.45) is 0 Å². The predicted molar refractivity (Wildman–Crippen MR) is 123 cm³/mol. The Kier molecular flexibility index (Phi) is 6.23. The van der Waals surface area contributed by atoms with Gasteiger partial charge in [0.2, 0.25) is 5.76 Å². The summed E-state index contributed by atoms with van der Waals surface area (Å²) >= 11 is 0. The number of hydrogen-bond donors (Lipinski definition) is 2. The van der Waals surface area contributed by atoms with E-state index < -0.39 is 40.5 Å². The van der Waals surface area contributed by atoms with Crippen LogP contribution in [-0.2, 0) is 16.6 Å². The molecule has 1 aliphatic rings. The van der Waals surface area contributed by atoms with Crippen molar-refractivity contribution in [2.45, 2.75) is 38.6 Å². The van der Waals surface area contributed by atoms with E-state index >= 15 is 0 Å². The number of nitrogens with one attached hydrogen (secondary N) is 2. The van der Waals surface area contributed by atoms with Gasteiger partial charge in [0.1, 0.15) is 23.4 Å². The van der Waals surface area contributed by atoms with Crippen molar-refractivity contribution in [2.75, 3.05) is 19.0 Å². The number of fused-ring (bicyclic) bond motifs is 1. The molecule has 0 bridgehead atoms. The van der Waals surface area contributed by atoms with E-state index in [2.05, 4.69) is 10.5 Å². The minimum atomic E-state index is -1.15. The van der Waals surface area contributed by atoms with Crippen LogP contribution in [-0.4, -0.2) is 35.5 Å². The molecule has 4 rings (SSSR count). The molecule has 3 aromatic rings. The summed E-state index contributed by atoms with van der Waals surface area (Å²) < 4.78 is 39.7. The lowest BCUT2D eigenvalue weighted by atomic mass is 9.86. The summed E-state index contributed by atoms with van der Waals surface area (Å²) in [5.41, 5.74) is -0.245. The number of nitrogens with zero attached hydrogens (tertiary/aromatic N) is 1. The molecule has 0 aliphatic carbocycles. The highest BCUT2D eigenvalue weighted by atomic mass is 19.1. The Morgan fingerprint density at radius 2 is 1.83 bits per heavy atom. The van der Waals surface area contributed by atoms with E-state index in [4.69, 9.17) is 9.26 Å². The molecule has 35 heavy (non-hydrogen) atoms. The fourth-order valence-electron chi connectivity index (χ4n) is 4.33. The number of ether oxygens (including phenoxy) is 1.